The SMILES string of the molecule is Cc1cc(NCc2nncn2C2CCCCC2)nc(N)n1. The normalized spacial score (nSPS) is 16.0. The van der Waals surface area contributed by atoms with Gasteiger partial charge in [-0.15, -0.1) is 10.2 Å². The highest BCUT2D eigenvalue weighted by Crippen LogP contribution is 2.28. The Morgan fingerprint density at radius 3 is 2.86 bits per heavy atom. The van der Waals surface area contributed by atoms with Crippen LogP contribution in [0.4, 0.5) is 11.8 Å². The lowest BCUT2D eigenvalue weighted by Crippen LogP contribution is -2.17. The fraction of sp³-hybridized carbons (Fsp3) is 0.571. The monoisotopic (exact) mass is 287 g/mol. The first-order chi connectivity index (χ1) is 10.2. The van der Waals surface area contributed by atoms with Gasteiger partial charge in [0, 0.05) is 17.8 Å². The molecule has 0 atom stereocenters. The predicted octanol–water partition coefficient (Wildman–Crippen LogP) is 2.08. The van der Waals surface area contributed by atoms with Crippen LogP contribution in [0.2, 0.25) is 0 Å². The zero-order valence-corrected chi connectivity index (χ0v) is 12.3. The van der Waals surface area contributed by atoms with E-state index in [1.807, 2.05) is 19.3 Å². The molecule has 3 rings (SSSR count). The predicted molar refractivity (Wildman–Crippen MR) is 80.7 cm³/mol. The number of nitrogens with zero attached hydrogens (tertiary/aromatic N) is 5. The molecule has 1 aliphatic carbocycles. The third-order valence-corrected chi connectivity index (χ3v) is 3.91. The molecule has 112 valence electrons. The zero-order valence-electron chi connectivity index (χ0n) is 12.3. The summed E-state index contributed by atoms with van der Waals surface area (Å²) in [4.78, 5) is 8.24. The smallest absolute Gasteiger partial charge is 0.222 e. The molecule has 0 spiro atoms. The highest BCUT2D eigenvalue weighted by Gasteiger charge is 2.18. The molecule has 1 saturated carbocycles. The summed E-state index contributed by atoms with van der Waals surface area (Å²) in [5.74, 6) is 1.95. The fourth-order valence-corrected chi connectivity index (χ4v) is 2.91. The Labute approximate surface area is 124 Å². The Kier molecular flexibility index (Phi) is 3.98. The topological polar surface area (TPSA) is 94.5 Å². The molecule has 0 radical (unpaired) electrons. The number of rotatable bonds is 4. The van der Waals surface area contributed by atoms with Crippen LogP contribution in [-0.2, 0) is 6.54 Å². The van der Waals surface area contributed by atoms with Crippen molar-refractivity contribution in [2.45, 2.75) is 51.6 Å². The Balaban J connectivity index is 1.69. The molecule has 2 heterocycles. The van der Waals surface area contributed by atoms with Crippen LogP contribution in [0.1, 0.15) is 49.7 Å². The molecule has 0 bridgehead atoms. The molecule has 3 N–H and O–H groups in total. The van der Waals surface area contributed by atoms with Crippen LogP contribution in [0, 0.1) is 6.92 Å². The number of anilines is 2. The molecule has 0 aromatic carbocycles. The van der Waals surface area contributed by atoms with Gasteiger partial charge in [0.1, 0.15) is 12.1 Å². The van der Waals surface area contributed by atoms with Gasteiger partial charge in [-0.05, 0) is 19.8 Å². The van der Waals surface area contributed by atoms with Crippen molar-refractivity contribution in [1.29, 1.82) is 0 Å². The van der Waals surface area contributed by atoms with Crippen molar-refractivity contribution in [2.75, 3.05) is 11.1 Å². The van der Waals surface area contributed by atoms with E-state index in [4.69, 9.17) is 5.73 Å². The van der Waals surface area contributed by atoms with Crippen molar-refractivity contribution in [3.8, 4) is 0 Å². The quantitative estimate of drug-likeness (QED) is 0.894. The summed E-state index contributed by atoms with van der Waals surface area (Å²) in [7, 11) is 0. The van der Waals surface area contributed by atoms with Crippen molar-refractivity contribution in [3.63, 3.8) is 0 Å². The van der Waals surface area contributed by atoms with Crippen LogP contribution < -0.4 is 11.1 Å². The van der Waals surface area contributed by atoms with Gasteiger partial charge in [-0.1, -0.05) is 19.3 Å². The summed E-state index contributed by atoms with van der Waals surface area (Å²) in [5, 5.41) is 11.5. The summed E-state index contributed by atoms with van der Waals surface area (Å²) >= 11 is 0. The van der Waals surface area contributed by atoms with Gasteiger partial charge < -0.3 is 15.6 Å². The lowest BCUT2D eigenvalue weighted by molar-refractivity contribution is 0.346. The average molecular weight is 287 g/mol. The van der Waals surface area contributed by atoms with Gasteiger partial charge in [0.25, 0.3) is 0 Å². The highest BCUT2D eigenvalue weighted by atomic mass is 15.3. The van der Waals surface area contributed by atoms with E-state index in [9.17, 15) is 0 Å². The maximum absolute atomic E-state index is 5.66. The first kappa shape index (κ1) is 13.8. The molecule has 0 saturated heterocycles. The van der Waals surface area contributed by atoms with E-state index >= 15 is 0 Å². The second-order valence-corrected chi connectivity index (χ2v) is 5.55. The summed E-state index contributed by atoms with van der Waals surface area (Å²) in [6, 6.07) is 2.40. The number of hydrogen-bond donors (Lipinski definition) is 2. The van der Waals surface area contributed by atoms with Gasteiger partial charge in [0.05, 0.1) is 6.54 Å². The first-order valence-electron chi connectivity index (χ1n) is 7.46. The fourth-order valence-electron chi connectivity index (χ4n) is 2.91. The molecule has 2 aromatic heterocycles. The molecule has 7 nitrogen and oxygen atoms in total. The minimum Gasteiger partial charge on any atom is -0.368 e. The molecule has 7 heteroatoms. The summed E-state index contributed by atoms with van der Waals surface area (Å²) in [6.45, 7) is 2.49. The van der Waals surface area contributed by atoms with Gasteiger partial charge in [0.15, 0.2) is 5.82 Å². The molecule has 21 heavy (non-hydrogen) atoms. The zero-order chi connectivity index (χ0) is 14.7. The molecular weight excluding hydrogens is 266 g/mol. The van der Waals surface area contributed by atoms with Gasteiger partial charge in [-0.3, -0.25) is 0 Å². The van der Waals surface area contributed by atoms with Crippen LogP contribution in [0.25, 0.3) is 0 Å². The lowest BCUT2D eigenvalue weighted by Gasteiger charge is -2.24. The lowest BCUT2D eigenvalue weighted by atomic mass is 9.95. The van der Waals surface area contributed by atoms with Crippen molar-refractivity contribution < 1.29 is 0 Å². The molecule has 0 amide bonds. The Morgan fingerprint density at radius 2 is 2.10 bits per heavy atom. The number of nitrogen functional groups attached to an aromatic ring is 1. The number of aryl methyl sites for hydroxylation is 1. The number of hydrogen-bond acceptors (Lipinski definition) is 6. The maximum Gasteiger partial charge on any atom is 0.222 e. The molecule has 0 aliphatic heterocycles. The molecular formula is C14H21N7. The van der Waals surface area contributed by atoms with E-state index in [2.05, 4.69) is 30.0 Å². The van der Waals surface area contributed by atoms with Crippen molar-refractivity contribution in [3.05, 3.63) is 23.9 Å². The average Bonchev–Trinajstić information content (AvgIpc) is 2.93. The summed E-state index contributed by atoms with van der Waals surface area (Å²) < 4.78 is 2.20. The Morgan fingerprint density at radius 1 is 1.29 bits per heavy atom. The van der Waals surface area contributed by atoms with E-state index < -0.39 is 0 Å². The van der Waals surface area contributed by atoms with Crippen molar-refractivity contribution in [2.24, 2.45) is 0 Å². The second-order valence-electron chi connectivity index (χ2n) is 5.55. The van der Waals surface area contributed by atoms with Gasteiger partial charge in [-0.2, -0.15) is 4.98 Å². The van der Waals surface area contributed by atoms with Crippen molar-refractivity contribution >= 4 is 11.8 Å². The minimum absolute atomic E-state index is 0.284. The minimum atomic E-state index is 0.284. The van der Waals surface area contributed by atoms with Crippen LogP contribution in [0.15, 0.2) is 12.4 Å². The molecule has 0 unspecified atom stereocenters. The van der Waals surface area contributed by atoms with Crippen molar-refractivity contribution in [1.82, 2.24) is 24.7 Å². The van der Waals surface area contributed by atoms with Crippen LogP contribution in [0.5, 0.6) is 0 Å². The van der Waals surface area contributed by atoms with Gasteiger partial charge in [-0.25, -0.2) is 4.98 Å². The number of aromatic nitrogens is 5. The Hall–Kier alpha value is -2.18. The molecule has 1 fully saturated rings. The summed E-state index contributed by atoms with van der Waals surface area (Å²) in [5.41, 5.74) is 6.51. The first-order valence-corrected chi connectivity index (χ1v) is 7.46. The van der Waals surface area contributed by atoms with Crippen LogP contribution >= 0.6 is 0 Å². The highest BCUT2D eigenvalue weighted by molar-refractivity contribution is 5.40. The number of nitrogens with one attached hydrogen (secondary N) is 1. The molecule has 1 aliphatic rings. The van der Waals surface area contributed by atoms with Crippen LogP contribution in [0.3, 0.4) is 0 Å². The number of nitrogens with two attached hydrogens (primary N) is 1. The maximum atomic E-state index is 5.66. The van der Waals surface area contributed by atoms with E-state index in [1.54, 1.807) is 0 Å². The second kappa shape index (κ2) is 6.07. The van der Waals surface area contributed by atoms with E-state index in [0.717, 1.165) is 17.3 Å². The third-order valence-electron chi connectivity index (χ3n) is 3.91. The van der Waals surface area contributed by atoms with E-state index in [1.165, 1.54) is 32.1 Å². The third kappa shape index (κ3) is 3.29. The van der Waals surface area contributed by atoms with Crippen LogP contribution in [-0.4, -0.2) is 24.7 Å². The Bertz CT molecular complexity index is 581. The standard InChI is InChI=1S/C14H21N7/c1-10-7-12(19-14(15)18-10)16-8-13-20-17-9-21(13)11-5-3-2-4-6-11/h7,9,11H,2-6,8H2,1H3,(H3,15,16,18,19). The largest absolute Gasteiger partial charge is 0.368 e. The van der Waals surface area contributed by atoms with Gasteiger partial charge in [0.2, 0.25) is 5.95 Å². The summed E-state index contributed by atoms with van der Waals surface area (Å²) in [6.07, 6.45) is 8.18. The van der Waals surface area contributed by atoms with E-state index in [-0.39, 0.29) is 5.95 Å². The molecule has 2 aromatic rings. The van der Waals surface area contributed by atoms with Gasteiger partial charge >= 0.3 is 0 Å². The van der Waals surface area contributed by atoms with E-state index in [0.29, 0.717) is 12.6 Å².